The Hall–Kier alpha value is -2.60. The first-order chi connectivity index (χ1) is 10.5. The lowest BCUT2D eigenvalue weighted by Crippen LogP contribution is -2.27. The summed E-state index contributed by atoms with van der Waals surface area (Å²) in [6, 6.07) is 5.90. The van der Waals surface area contributed by atoms with Gasteiger partial charge in [0.05, 0.1) is 15.9 Å². The molecular weight excluding hydrogens is 309 g/mol. The lowest BCUT2D eigenvalue weighted by molar-refractivity contribution is -0.118. The average Bonchev–Trinajstić information content (AvgIpc) is 2.89. The predicted molar refractivity (Wildman–Crippen MR) is 82.2 cm³/mol. The van der Waals surface area contributed by atoms with Gasteiger partial charge in [-0.05, 0) is 23.8 Å². The zero-order valence-corrected chi connectivity index (χ0v) is 12.0. The zero-order valence-electron chi connectivity index (χ0n) is 11.3. The number of hydrogen-bond acceptors (Lipinski definition) is 2. The summed E-state index contributed by atoms with van der Waals surface area (Å²) in [6.07, 6.45) is 3.14. The number of H-pyrrole nitrogens is 1. The second-order valence-electron chi connectivity index (χ2n) is 4.84. The first-order valence-electron chi connectivity index (χ1n) is 6.41. The molecule has 7 heteroatoms. The second kappa shape index (κ2) is 5.31. The summed E-state index contributed by atoms with van der Waals surface area (Å²) in [4.78, 5) is 26.5. The Balaban J connectivity index is 2.24. The maximum Gasteiger partial charge on any atom is 0.261 e. The number of nitrogens with two attached hydrogens (primary N) is 1. The molecule has 0 aliphatic heterocycles. The number of aromatic amines is 1. The molecule has 3 aromatic rings. The van der Waals surface area contributed by atoms with Crippen molar-refractivity contribution in [1.29, 1.82) is 0 Å². The average molecular weight is 320 g/mol. The molecule has 0 saturated heterocycles. The number of fused-ring (bicyclic) bond motifs is 1. The van der Waals surface area contributed by atoms with E-state index in [-0.39, 0.29) is 17.1 Å². The molecule has 0 aliphatic rings. The van der Waals surface area contributed by atoms with Crippen molar-refractivity contribution in [3.8, 4) is 11.1 Å². The van der Waals surface area contributed by atoms with Gasteiger partial charge in [0, 0.05) is 18.0 Å². The minimum atomic E-state index is -0.608. The number of amides is 1. The van der Waals surface area contributed by atoms with Crippen molar-refractivity contribution in [3.05, 3.63) is 57.9 Å². The highest BCUT2D eigenvalue weighted by atomic mass is 35.5. The molecule has 22 heavy (non-hydrogen) atoms. The number of primary amides is 1. The molecule has 2 heterocycles. The van der Waals surface area contributed by atoms with Gasteiger partial charge < -0.3 is 15.3 Å². The van der Waals surface area contributed by atoms with E-state index in [2.05, 4.69) is 4.98 Å². The minimum absolute atomic E-state index is 0.0276. The summed E-state index contributed by atoms with van der Waals surface area (Å²) in [5.41, 5.74) is 6.58. The van der Waals surface area contributed by atoms with Crippen molar-refractivity contribution in [2.45, 2.75) is 6.54 Å². The Kier molecular flexibility index (Phi) is 3.46. The number of aromatic nitrogens is 2. The molecule has 0 fully saturated rings. The molecule has 3 rings (SSSR count). The Morgan fingerprint density at radius 1 is 1.36 bits per heavy atom. The van der Waals surface area contributed by atoms with Crippen molar-refractivity contribution < 1.29 is 9.18 Å². The van der Waals surface area contributed by atoms with Crippen LogP contribution in [0, 0.1) is 5.82 Å². The van der Waals surface area contributed by atoms with E-state index in [0.717, 1.165) is 0 Å². The summed E-state index contributed by atoms with van der Waals surface area (Å²) in [5, 5.41) is 0.367. The second-order valence-corrected chi connectivity index (χ2v) is 5.24. The van der Waals surface area contributed by atoms with Crippen molar-refractivity contribution in [2.75, 3.05) is 0 Å². The molecule has 5 nitrogen and oxygen atoms in total. The Morgan fingerprint density at radius 2 is 2.14 bits per heavy atom. The molecule has 112 valence electrons. The van der Waals surface area contributed by atoms with Crippen LogP contribution in [0.2, 0.25) is 5.02 Å². The number of halogens is 2. The third kappa shape index (κ3) is 2.37. The summed E-state index contributed by atoms with van der Waals surface area (Å²) < 4.78 is 14.5. The van der Waals surface area contributed by atoms with Crippen LogP contribution in [0.25, 0.3) is 22.0 Å². The molecule has 3 N–H and O–H groups in total. The van der Waals surface area contributed by atoms with E-state index in [1.807, 2.05) is 0 Å². The first kappa shape index (κ1) is 14.3. The van der Waals surface area contributed by atoms with Gasteiger partial charge in [-0.3, -0.25) is 9.59 Å². The van der Waals surface area contributed by atoms with Crippen LogP contribution in [0.15, 0.2) is 41.5 Å². The highest BCUT2D eigenvalue weighted by molar-refractivity contribution is 6.31. The van der Waals surface area contributed by atoms with Gasteiger partial charge in [-0.1, -0.05) is 17.7 Å². The number of hydrogen-bond donors (Lipinski definition) is 2. The molecule has 0 unspecified atom stereocenters. The molecular formula is C15H11ClFN3O2. The van der Waals surface area contributed by atoms with Gasteiger partial charge in [0.1, 0.15) is 12.4 Å². The third-order valence-corrected chi connectivity index (χ3v) is 3.65. The maximum absolute atomic E-state index is 13.3. The van der Waals surface area contributed by atoms with Gasteiger partial charge in [-0.15, -0.1) is 0 Å². The molecule has 0 bridgehead atoms. The molecule has 1 aromatic carbocycles. The van der Waals surface area contributed by atoms with E-state index in [9.17, 15) is 14.0 Å². The van der Waals surface area contributed by atoms with Gasteiger partial charge in [0.25, 0.3) is 5.56 Å². The van der Waals surface area contributed by atoms with Crippen molar-refractivity contribution in [3.63, 3.8) is 0 Å². The van der Waals surface area contributed by atoms with E-state index < -0.39 is 11.7 Å². The predicted octanol–water partition coefficient (Wildman–Crippen LogP) is 2.27. The zero-order chi connectivity index (χ0) is 15.9. The van der Waals surface area contributed by atoms with Crippen LogP contribution in [0.5, 0.6) is 0 Å². The smallest absolute Gasteiger partial charge is 0.261 e. The van der Waals surface area contributed by atoms with E-state index >= 15 is 0 Å². The number of carbonyl (C=O) groups is 1. The van der Waals surface area contributed by atoms with Gasteiger partial charge >= 0.3 is 0 Å². The summed E-state index contributed by atoms with van der Waals surface area (Å²) in [7, 11) is 0. The molecule has 0 radical (unpaired) electrons. The molecule has 0 atom stereocenters. The molecule has 0 aliphatic carbocycles. The van der Waals surface area contributed by atoms with Crippen molar-refractivity contribution in [2.24, 2.45) is 5.73 Å². The lowest BCUT2D eigenvalue weighted by atomic mass is 10.1. The highest BCUT2D eigenvalue weighted by Crippen LogP contribution is 2.29. The number of benzene rings is 1. The first-order valence-corrected chi connectivity index (χ1v) is 6.79. The topological polar surface area (TPSA) is 80.9 Å². The summed E-state index contributed by atoms with van der Waals surface area (Å²) >= 11 is 5.79. The third-order valence-electron chi connectivity index (χ3n) is 3.36. The van der Waals surface area contributed by atoms with Crippen LogP contribution in [0.1, 0.15) is 0 Å². The number of nitrogens with one attached hydrogen (secondary N) is 1. The van der Waals surface area contributed by atoms with Crippen LogP contribution in [-0.2, 0) is 11.3 Å². The van der Waals surface area contributed by atoms with Crippen LogP contribution in [-0.4, -0.2) is 15.5 Å². The number of carbonyl (C=O) groups excluding carboxylic acids is 1. The fourth-order valence-electron chi connectivity index (χ4n) is 2.36. The van der Waals surface area contributed by atoms with Crippen molar-refractivity contribution in [1.82, 2.24) is 9.55 Å². The van der Waals surface area contributed by atoms with Gasteiger partial charge in [0.2, 0.25) is 5.91 Å². The van der Waals surface area contributed by atoms with E-state index in [0.29, 0.717) is 22.0 Å². The Labute approximate surface area is 129 Å². The van der Waals surface area contributed by atoms with Crippen LogP contribution in [0.4, 0.5) is 4.39 Å². The van der Waals surface area contributed by atoms with Gasteiger partial charge in [-0.2, -0.15) is 0 Å². The lowest BCUT2D eigenvalue weighted by Gasteiger charge is -2.05. The van der Waals surface area contributed by atoms with Crippen molar-refractivity contribution >= 4 is 28.4 Å². The summed E-state index contributed by atoms with van der Waals surface area (Å²) in [6.45, 7) is -0.205. The largest absolute Gasteiger partial charge is 0.368 e. The SMILES string of the molecule is NC(=O)Cn1ccc2[nH]cc(-c3ccc(F)c(Cl)c3)c2c1=O. The molecule has 0 spiro atoms. The summed E-state index contributed by atoms with van der Waals surface area (Å²) in [5.74, 6) is -1.14. The maximum atomic E-state index is 13.3. The minimum Gasteiger partial charge on any atom is -0.368 e. The van der Waals surface area contributed by atoms with E-state index in [4.69, 9.17) is 17.3 Å². The van der Waals surface area contributed by atoms with Crippen LogP contribution < -0.4 is 11.3 Å². The highest BCUT2D eigenvalue weighted by Gasteiger charge is 2.13. The monoisotopic (exact) mass is 319 g/mol. The molecule has 1 amide bonds. The fraction of sp³-hybridized carbons (Fsp3) is 0.0667. The van der Waals surface area contributed by atoms with E-state index in [1.54, 1.807) is 12.3 Å². The fourth-order valence-corrected chi connectivity index (χ4v) is 2.54. The van der Waals surface area contributed by atoms with Gasteiger partial charge in [-0.25, -0.2) is 4.39 Å². The number of pyridine rings is 1. The molecule has 2 aromatic heterocycles. The Bertz CT molecular complexity index is 946. The van der Waals surface area contributed by atoms with Crippen LogP contribution in [0.3, 0.4) is 0 Å². The quantitative estimate of drug-likeness (QED) is 0.776. The number of rotatable bonds is 3. The van der Waals surface area contributed by atoms with E-state index in [1.165, 1.54) is 29.0 Å². The van der Waals surface area contributed by atoms with Crippen LogP contribution >= 0.6 is 11.6 Å². The molecule has 0 saturated carbocycles. The van der Waals surface area contributed by atoms with Gasteiger partial charge in [0.15, 0.2) is 0 Å². The normalized spacial score (nSPS) is 11.0. The Morgan fingerprint density at radius 3 is 2.82 bits per heavy atom. The number of nitrogens with zero attached hydrogens (tertiary/aromatic N) is 1. The standard InChI is InChI=1S/C15H11ClFN3O2/c16-10-5-8(1-2-11(10)17)9-6-19-12-3-4-20(7-13(18)21)15(22)14(9)12/h1-6,19H,7H2,(H2,18,21).